The van der Waals surface area contributed by atoms with E-state index >= 15 is 0 Å². The van der Waals surface area contributed by atoms with Crippen molar-refractivity contribution in [3.8, 4) is 11.5 Å². The number of ether oxygens (including phenoxy) is 4. The lowest BCUT2D eigenvalue weighted by atomic mass is 9.85. The fourth-order valence-corrected chi connectivity index (χ4v) is 9.13. The van der Waals surface area contributed by atoms with Crippen LogP contribution in [0.4, 0.5) is 4.79 Å². The maximum atomic E-state index is 12.3. The van der Waals surface area contributed by atoms with Gasteiger partial charge in [-0.3, -0.25) is 4.79 Å². The minimum absolute atomic E-state index is 0.00775. The van der Waals surface area contributed by atoms with E-state index in [-0.39, 0.29) is 11.6 Å². The molecule has 234 valence electrons. The number of carbonyl (C=O) groups excluding carboxylic acids is 2. The Morgan fingerprint density at radius 2 is 1.59 bits per heavy atom. The molecule has 0 amide bonds. The SMILES string of the molecule is CC[Si](CC)(CC)O[C@H]([C@H](C)[C@@H](O)[C@@H](C=O)Oc1ccc(OC)cc1)[C@H](O[Si](C)(C)C(C)(C)C)[C@]1(C)COC(=O)O1. The van der Waals surface area contributed by atoms with Crippen molar-refractivity contribution in [3.05, 3.63) is 24.3 Å². The van der Waals surface area contributed by atoms with Crippen LogP contribution in [0.3, 0.4) is 0 Å². The molecule has 0 unspecified atom stereocenters. The second kappa shape index (κ2) is 14.0. The molecule has 9 nitrogen and oxygen atoms in total. The predicted molar refractivity (Wildman–Crippen MR) is 164 cm³/mol. The van der Waals surface area contributed by atoms with Crippen LogP contribution in [0.15, 0.2) is 24.3 Å². The molecule has 0 aromatic heterocycles. The number of benzene rings is 1. The number of hydrogen-bond acceptors (Lipinski definition) is 9. The molecule has 1 aromatic rings. The smallest absolute Gasteiger partial charge is 0.497 e. The molecule has 0 saturated carbocycles. The van der Waals surface area contributed by atoms with Gasteiger partial charge in [0.25, 0.3) is 0 Å². The van der Waals surface area contributed by atoms with Gasteiger partial charge in [-0.15, -0.1) is 0 Å². The molecule has 1 aromatic carbocycles. The van der Waals surface area contributed by atoms with Gasteiger partial charge in [0.05, 0.1) is 13.2 Å². The Morgan fingerprint density at radius 1 is 1.05 bits per heavy atom. The Morgan fingerprint density at radius 3 is 2.00 bits per heavy atom. The number of methoxy groups -OCH3 is 1. The van der Waals surface area contributed by atoms with Crippen LogP contribution in [0.25, 0.3) is 0 Å². The van der Waals surface area contributed by atoms with Crippen LogP contribution >= 0.6 is 0 Å². The van der Waals surface area contributed by atoms with Crippen LogP contribution in [0.2, 0.25) is 36.3 Å². The van der Waals surface area contributed by atoms with Crippen LogP contribution < -0.4 is 9.47 Å². The number of aliphatic hydroxyl groups is 1. The Labute approximate surface area is 248 Å². The summed E-state index contributed by atoms with van der Waals surface area (Å²) >= 11 is 0. The summed E-state index contributed by atoms with van der Waals surface area (Å²) in [6.45, 7) is 20.7. The summed E-state index contributed by atoms with van der Waals surface area (Å²) in [6, 6.07) is 9.39. The van der Waals surface area contributed by atoms with E-state index in [2.05, 4.69) is 54.6 Å². The fourth-order valence-electron chi connectivity index (χ4n) is 4.84. The minimum atomic E-state index is -2.47. The molecule has 1 aliphatic heterocycles. The quantitative estimate of drug-likeness (QED) is 0.130. The molecule has 6 atom stereocenters. The molecule has 1 aliphatic rings. The van der Waals surface area contributed by atoms with Crippen molar-refractivity contribution >= 4 is 29.1 Å². The number of aliphatic hydroxyl groups excluding tert-OH is 1. The molecule has 1 fully saturated rings. The van der Waals surface area contributed by atoms with Gasteiger partial charge in [0.15, 0.2) is 34.6 Å². The highest BCUT2D eigenvalue weighted by Gasteiger charge is 2.56. The van der Waals surface area contributed by atoms with Crippen LogP contribution in [-0.4, -0.2) is 77.9 Å². The highest BCUT2D eigenvalue weighted by atomic mass is 28.4. The second-order valence-corrected chi connectivity index (χ2v) is 22.3. The Kier molecular flexibility index (Phi) is 12.1. The lowest BCUT2D eigenvalue weighted by Gasteiger charge is -2.49. The van der Waals surface area contributed by atoms with Crippen LogP contribution in [-0.2, 0) is 23.1 Å². The van der Waals surface area contributed by atoms with Crippen molar-refractivity contribution in [3.63, 3.8) is 0 Å². The summed E-state index contributed by atoms with van der Waals surface area (Å²) in [5, 5.41) is 11.5. The molecule has 1 saturated heterocycles. The van der Waals surface area contributed by atoms with E-state index in [9.17, 15) is 14.7 Å². The fraction of sp³-hybridized carbons (Fsp3) is 0.733. The van der Waals surface area contributed by atoms with Crippen LogP contribution in [0.1, 0.15) is 55.4 Å². The van der Waals surface area contributed by atoms with E-state index in [0.29, 0.717) is 17.8 Å². The van der Waals surface area contributed by atoms with Crippen molar-refractivity contribution in [2.75, 3.05) is 13.7 Å². The standard InChI is InChI=1S/C30H52O9Si2/c1-12-41(13-2,14-3)38-26(21(4)25(32)24(19-31)36-23-17-15-22(34-9)16-18-23)27(30(8)20-35-28(33)37-30)39-40(10,11)29(5,6)7/h15-19,21,24-27,32H,12-14,20H2,1-11H3/t21-,24-,25-,26-,27+,30+/m1/s1. The van der Waals surface area contributed by atoms with Crippen molar-refractivity contribution in [2.24, 2.45) is 5.92 Å². The van der Waals surface area contributed by atoms with Crippen LogP contribution in [0.5, 0.6) is 11.5 Å². The minimum Gasteiger partial charge on any atom is -0.497 e. The average Bonchev–Trinajstić information content (AvgIpc) is 3.29. The van der Waals surface area contributed by atoms with E-state index in [0.717, 1.165) is 18.1 Å². The number of cyclic esters (lactones) is 2. The maximum absolute atomic E-state index is 12.3. The molecule has 1 N–H and O–H groups in total. The largest absolute Gasteiger partial charge is 0.509 e. The maximum Gasteiger partial charge on any atom is 0.509 e. The molecule has 11 heteroatoms. The lowest BCUT2D eigenvalue weighted by Crippen LogP contribution is -2.62. The third-order valence-electron chi connectivity index (χ3n) is 9.10. The van der Waals surface area contributed by atoms with Gasteiger partial charge in [0, 0.05) is 5.92 Å². The van der Waals surface area contributed by atoms with Crippen molar-refractivity contribution in [2.45, 2.75) is 122 Å². The molecule has 0 radical (unpaired) electrons. The van der Waals surface area contributed by atoms with Gasteiger partial charge in [-0.05, 0) is 67.5 Å². The molecule has 0 bridgehead atoms. The van der Waals surface area contributed by atoms with E-state index < -0.39 is 58.7 Å². The zero-order valence-corrected chi connectivity index (χ0v) is 28.8. The summed E-state index contributed by atoms with van der Waals surface area (Å²) in [5.41, 5.74) is -1.16. The summed E-state index contributed by atoms with van der Waals surface area (Å²) in [4.78, 5) is 24.6. The monoisotopic (exact) mass is 612 g/mol. The predicted octanol–water partition coefficient (Wildman–Crippen LogP) is 6.34. The Hall–Kier alpha value is -1.93. The number of hydrogen-bond donors (Lipinski definition) is 1. The Bertz CT molecular complexity index is 982. The first kappa shape index (κ1) is 35.3. The van der Waals surface area contributed by atoms with Gasteiger partial charge in [0.1, 0.15) is 30.3 Å². The van der Waals surface area contributed by atoms with Crippen molar-refractivity contribution in [1.29, 1.82) is 0 Å². The zero-order chi connectivity index (χ0) is 31.2. The van der Waals surface area contributed by atoms with Crippen molar-refractivity contribution < 1.29 is 42.5 Å². The Balaban J connectivity index is 2.59. The average molecular weight is 613 g/mol. The summed E-state index contributed by atoms with van der Waals surface area (Å²) in [5.74, 6) is 0.436. The summed E-state index contributed by atoms with van der Waals surface area (Å²) < 4.78 is 36.4. The molecule has 0 spiro atoms. The van der Waals surface area contributed by atoms with Gasteiger partial charge in [-0.2, -0.15) is 0 Å². The number of aldehydes is 1. The van der Waals surface area contributed by atoms with Gasteiger partial charge in [-0.25, -0.2) is 4.79 Å². The zero-order valence-electron chi connectivity index (χ0n) is 26.8. The molecular formula is C30H52O9Si2. The summed E-state index contributed by atoms with van der Waals surface area (Å²) in [6.07, 6.45) is -4.05. The topological polar surface area (TPSA) is 110 Å². The van der Waals surface area contributed by atoms with E-state index in [1.807, 2.05) is 6.92 Å². The van der Waals surface area contributed by atoms with Gasteiger partial charge >= 0.3 is 6.16 Å². The van der Waals surface area contributed by atoms with Crippen LogP contribution in [0, 0.1) is 5.92 Å². The van der Waals surface area contributed by atoms with Gasteiger partial charge < -0.3 is 32.9 Å². The third-order valence-corrected chi connectivity index (χ3v) is 18.2. The second-order valence-electron chi connectivity index (χ2n) is 12.8. The summed E-state index contributed by atoms with van der Waals surface area (Å²) in [7, 11) is -3.20. The molecular weight excluding hydrogens is 560 g/mol. The molecule has 2 rings (SSSR count). The van der Waals surface area contributed by atoms with Gasteiger partial charge in [0.2, 0.25) is 0 Å². The first-order valence-electron chi connectivity index (χ1n) is 14.7. The number of rotatable bonds is 16. The third kappa shape index (κ3) is 8.34. The molecule has 41 heavy (non-hydrogen) atoms. The highest BCUT2D eigenvalue weighted by Crippen LogP contribution is 2.43. The van der Waals surface area contributed by atoms with Crippen molar-refractivity contribution in [1.82, 2.24) is 0 Å². The van der Waals surface area contributed by atoms with Gasteiger partial charge in [-0.1, -0.05) is 48.5 Å². The highest BCUT2D eigenvalue weighted by molar-refractivity contribution is 6.74. The first-order chi connectivity index (χ1) is 19.0. The van der Waals surface area contributed by atoms with E-state index in [4.69, 9.17) is 27.8 Å². The molecule has 0 aliphatic carbocycles. The number of carbonyl (C=O) groups is 2. The van der Waals surface area contributed by atoms with E-state index in [1.54, 1.807) is 38.3 Å². The first-order valence-corrected chi connectivity index (χ1v) is 20.1. The normalized spacial score (nSPS) is 21.7. The lowest BCUT2D eigenvalue weighted by molar-refractivity contribution is -0.135. The molecule has 1 heterocycles. The van der Waals surface area contributed by atoms with E-state index in [1.165, 1.54) is 0 Å².